The summed E-state index contributed by atoms with van der Waals surface area (Å²) in [4.78, 5) is 0. The van der Waals surface area contributed by atoms with E-state index in [0.717, 1.165) is 16.9 Å². The first-order chi connectivity index (χ1) is 10.3. The van der Waals surface area contributed by atoms with Crippen molar-refractivity contribution in [1.29, 1.82) is 0 Å². The molecular weight excluding hydrogens is 288 g/mol. The van der Waals surface area contributed by atoms with Crippen LogP contribution in [0, 0.1) is 0 Å². The third-order valence-electron chi connectivity index (χ3n) is 3.16. The molecule has 0 amide bonds. The Morgan fingerprint density at radius 3 is 2.67 bits per heavy atom. The molecule has 6 heteroatoms. The quantitative estimate of drug-likeness (QED) is 0.743. The number of hydrogen-bond donors (Lipinski definition) is 0. The van der Waals surface area contributed by atoms with Crippen LogP contribution in [0.5, 0.6) is 5.75 Å². The molecule has 2 aromatic carbocycles. The molecule has 21 heavy (non-hydrogen) atoms. The van der Waals surface area contributed by atoms with E-state index in [1.54, 1.807) is 11.8 Å². The van der Waals surface area contributed by atoms with Crippen LogP contribution in [-0.2, 0) is 6.54 Å². The molecule has 106 valence electrons. The average molecular weight is 301 g/mol. The SMILES string of the molecule is COc1ccccc1-c1nnnn1Cc1ccccc1Cl. The molecule has 0 aliphatic heterocycles. The van der Waals surface area contributed by atoms with E-state index in [1.807, 2.05) is 48.5 Å². The van der Waals surface area contributed by atoms with E-state index in [0.29, 0.717) is 17.4 Å². The maximum absolute atomic E-state index is 6.19. The standard InChI is InChI=1S/C15H13ClN4O/c1-21-14-9-5-3-7-12(14)15-17-18-19-20(15)10-11-6-2-4-8-13(11)16/h2-9H,10H2,1H3. The van der Waals surface area contributed by atoms with Crippen molar-refractivity contribution in [3.05, 3.63) is 59.1 Å². The van der Waals surface area contributed by atoms with E-state index in [1.165, 1.54) is 0 Å². The molecule has 0 bridgehead atoms. The van der Waals surface area contributed by atoms with Crippen molar-refractivity contribution < 1.29 is 4.74 Å². The first-order valence-corrected chi connectivity index (χ1v) is 6.80. The molecule has 1 aromatic heterocycles. The summed E-state index contributed by atoms with van der Waals surface area (Å²) < 4.78 is 7.07. The van der Waals surface area contributed by atoms with Gasteiger partial charge < -0.3 is 4.74 Å². The summed E-state index contributed by atoms with van der Waals surface area (Å²) in [5.74, 6) is 1.38. The van der Waals surface area contributed by atoms with Crippen LogP contribution >= 0.6 is 11.6 Å². The molecular formula is C15H13ClN4O. The number of rotatable bonds is 4. The minimum Gasteiger partial charge on any atom is -0.496 e. The van der Waals surface area contributed by atoms with Crippen molar-refractivity contribution in [2.75, 3.05) is 7.11 Å². The molecule has 3 rings (SSSR count). The van der Waals surface area contributed by atoms with Crippen molar-refractivity contribution in [1.82, 2.24) is 20.2 Å². The van der Waals surface area contributed by atoms with E-state index in [4.69, 9.17) is 16.3 Å². The Kier molecular flexibility index (Phi) is 3.83. The second kappa shape index (κ2) is 5.93. The van der Waals surface area contributed by atoms with Gasteiger partial charge in [0.2, 0.25) is 0 Å². The minimum atomic E-state index is 0.500. The van der Waals surface area contributed by atoms with E-state index >= 15 is 0 Å². The Labute approximate surface area is 127 Å². The van der Waals surface area contributed by atoms with Crippen LogP contribution in [0.1, 0.15) is 5.56 Å². The highest BCUT2D eigenvalue weighted by Gasteiger charge is 2.14. The lowest BCUT2D eigenvalue weighted by molar-refractivity contribution is 0.416. The van der Waals surface area contributed by atoms with Gasteiger partial charge >= 0.3 is 0 Å². The highest BCUT2D eigenvalue weighted by Crippen LogP contribution is 2.28. The number of ether oxygens (including phenoxy) is 1. The Morgan fingerprint density at radius 2 is 1.86 bits per heavy atom. The molecule has 0 unspecified atom stereocenters. The van der Waals surface area contributed by atoms with Crippen LogP contribution in [0.2, 0.25) is 5.02 Å². The molecule has 0 saturated heterocycles. The van der Waals surface area contributed by atoms with Crippen molar-refractivity contribution in [2.45, 2.75) is 6.54 Å². The number of halogens is 1. The predicted octanol–water partition coefficient (Wildman–Crippen LogP) is 3.05. The number of nitrogens with zero attached hydrogens (tertiary/aromatic N) is 4. The molecule has 0 spiro atoms. The number of methoxy groups -OCH3 is 1. The smallest absolute Gasteiger partial charge is 0.186 e. The highest BCUT2D eigenvalue weighted by atomic mass is 35.5. The normalized spacial score (nSPS) is 10.6. The van der Waals surface area contributed by atoms with Crippen molar-refractivity contribution in [2.24, 2.45) is 0 Å². The van der Waals surface area contributed by atoms with Crippen LogP contribution in [0.15, 0.2) is 48.5 Å². The number of hydrogen-bond acceptors (Lipinski definition) is 4. The molecule has 0 aliphatic carbocycles. The van der Waals surface area contributed by atoms with Crippen molar-refractivity contribution >= 4 is 11.6 Å². The highest BCUT2D eigenvalue weighted by molar-refractivity contribution is 6.31. The number of para-hydroxylation sites is 1. The Morgan fingerprint density at radius 1 is 1.10 bits per heavy atom. The lowest BCUT2D eigenvalue weighted by Gasteiger charge is -2.09. The Bertz CT molecular complexity index is 757. The third kappa shape index (κ3) is 2.73. The molecule has 0 saturated carbocycles. The summed E-state index contributed by atoms with van der Waals surface area (Å²) in [6.45, 7) is 0.500. The molecule has 3 aromatic rings. The zero-order valence-electron chi connectivity index (χ0n) is 11.4. The molecule has 0 aliphatic rings. The minimum absolute atomic E-state index is 0.500. The molecule has 0 atom stereocenters. The Balaban J connectivity index is 2.00. The topological polar surface area (TPSA) is 52.8 Å². The van der Waals surface area contributed by atoms with Gasteiger partial charge in [-0.1, -0.05) is 41.9 Å². The third-order valence-corrected chi connectivity index (χ3v) is 3.53. The predicted molar refractivity (Wildman–Crippen MR) is 80.4 cm³/mol. The zero-order valence-corrected chi connectivity index (χ0v) is 12.2. The van der Waals surface area contributed by atoms with E-state index in [9.17, 15) is 0 Å². The van der Waals surface area contributed by atoms with Crippen LogP contribution in [-0.4, -0.2) is 27.3 Å². The van der Waals surface area contributed by atoms with Gasteiger partial charge in [-0.25, -0.2) is 4.68 Å². The largest absolute Gasteiger partial charge is 0.496 e. The molecule has 0 radical (unpaired) electrons. The van der Waals surface area contributed by atoms with E-state index < -0.39 is 0 Å². The summed E-state index contributed by atoms with van der Waals surface area (Å²) in [7, 11) is 1.63. The second-order valence-corrected chi connectivity index (χ2v) is 4.86. The van der Waals surface area contributed by atoms with E-state index in [-0.39, 0.29) is 0 Å². The summed E-state index contributed by atoms with van der Waals surface area (Å²) in [6.07, 6.45) is 0. The van der Waals surface area contributed by atoms with Gasteiger partial charge in [-0.05, 0) is 34.2 Å². The fraction of sp³-hybridized carbons (Fsp3) is 0.133. The van der Waals surface area contributed by atoms with Crippen LogP contribution in [0.4, 0.5) is 0 Å². The molecule has 5 nitrogen and oxygen atoms in total. The van der Waals surface area contributed by atoms with Crippen molar-refractivity contribution in [3.8, 4) is 17.1 Å². The van der Waals surface area contributed by atoms with Gasteiger partial charge in [0.1, 0.15) is 5.75 Å². The van der Waals surface area contributed by atoms with Gasteiger partial charge in [0.15, 0.2) is 5.82 Å². The summed E-state index contributed by atoms with van der Waals surface area (Å²) in [5.41, 5.74) is 1.81. The fourth-order valence-electron chi connectivity index (χ4n) is 2.12. The van der Waals surface area contributed by atoms with Gasteiger partial charge in [0, 0.05) is 5.02 Å². The number of tetrazole rings is 1. The van der Waals surface area contributed by atoms with Crippen LogP contribution in [0.3, 0.4) is 0 Å². The summed E-state index contributed by atoms with van der Waals surface area (Å²) in [6, 6.07) is 15.3. The number of benzene rings is 2. The van der Waals surface area contributed by atoms with Crippen LogP contribution < -0.4 is 4.74 Å². The lowest BCUT2D eigenvalue weighted by Crippen LogP contribution is -2.05. The Hall–Kier alpha value is -2.40. The van der Waals surface area contributed by atoms with Gasteiger partial charge in [-0.3, -0.25) is 0 Å². The zero-order chi connectivity index (χ0) is 14.7. The maximum Gasteiger partial charge on any atom is 0.186 e. The average Bonchev–Trinajstić information content (AvgIpc) is 2.97. The van der Waals surface area contributed by atoms with E-state index in [2.05, 4.69) is 15.5 Å². The first-order valence-electron chi connectivity index (χ1n) is 6.42. The van der Waals surface area contributed by atoms with Gasteiger partial charge in [-0.15, -0.1) is 5.10 Å². The van der Waals surface area contributed by atoms with Gasteiger partial charge in [-0.2, -0.15) is 0 Å². The monoisotopic (exact) mass is 300 g/mol. The fourth-order valence-corrected chi connectivity index (χ4v) is 2.32. The molecule has 0 fully saturated rings. The maximum atomic E-state index is 6.19. The van der Waals surface area contributed by atoms with Gasteiger partial charge in [0.25, 0.3) is 0 Å². The van der Waals surface area contributed by atoms with Crippen molar-refractivity contribution in [3.63, 3.8) is 0 Å². The number of aromatic nitrogens is 4. The van der Waals surface area contributed by atoms with Gasteiger partial charge in [0.05, 0.1) is 19.2 Å². The lowest BCUT2D eigenvalue weighted by atomic mass is 10.1. The molecule has 1 heterocycles. The van der Waals surface area contributed by atoms with Crippen LogP contribution in [0.25, 0.3) is 11.4 Å². The summed E-state index contributed by atoms with van der Waals surface area (Å²) >= 11 is 6.19. The summed E-state index contributed by atoms with van der Waals surface area (Å²) in [5, 5.41) is 12.6. The first kappa shape index (κ1) is 13.6. The molecule has 0 N–H and O–H groups in total. The second-order valence-electron chi connectivity index (χ2n) is 4.45.